The smallest absolute Gasteiger partial charge is 0.272 e. The van der Waals surface area contributed by atoms with E-state index in [2.05, 4.69) is 21.6 Å². The molecule has 0 radical (unpaired) electrons. The molecule has 31 heavy (non-hydrogen) atoms. The van der Waals surface area contributed by atoms with Gasteiger partial charge < -0.3 is 21.2 Å². The maximum atomic E-state index is 12.1. The number of nitrogens with zero attached hydrogens (tertiary/aromatic N) is 2. The van der Waals surface area contributed by atoms with E-state index in [9.17, 15) is 10.1 Å². The van der Waals surface area contributed by atoms with E-state index in [4.69, 9.17) is 15.9 Å². The monoisotopic (exact) mass is 416 g/mol. The second-order valence-corrected chi connectivity index (χ2v) is 6.78. The van der Waals surface area contributed by atoms with Gasteiger partial charge in [-0.15, -0.1) is 0 Å². The number of aromatic nitrogens is 2. The fourth-order valence-electron chi connectivity index (χ4n) is 3.76. The predicted octanol–water partition coefficient (Wildman–Crippen LogP) is 2.56. The molecule has 3 rings (SSSR count). The molecule has 0 fully saturated rings. The van der Waals surface area contributed by atoms with E-state index in [1.54, 1.807) is 32.4 Å². The number of allylic oxidation sites excluding steroid dienone is 1. The quantitative estimate of drug-likeness (QED) is 0.345. The van der Waals surface area contributed by atoms with Crippen LogP contribution < -0.4 is 21.3 Å². The summed E-state index contributed by atoms with van der Waals surface area (Å²) in [6.45, 7) is 2.13. The molecule has 2 aromatic carbocycles. The lowest BCUT2D eigenvalue weighted by molar-refractivity contribution is 0.410. The van der Waals surface area contributed by atoms with Gasteiger partial charge in [0.25, 0.3) is 5.56 Å². The zero-order valence-electron chi connectivity index (χ0n) is 17.7. The number of hydrogen-bond acceptors (Lipinski definition) is 7. The third kappa shape index (κ3) is 3.79. The lowest BCUT2D eigenvalue weighted by Crippen LogP contribution is -2.14. The van der Waals surface area contributed by atoms with E-state index in [-0.39, 0.29) is 12.1 Å². The van der Waals surface area contributed by atoms with E-state index in [0.29, 0.717) is 56.6 Å². The minimum Gasteiger partial charge on any atom is -0.496 e. The first-order valence-corrected chi connectivity index (χ1v) is 9.79. The Balaban J connectivity index is 2.34. The van der Waals surface area contributed by atoms with Crippen LogP contribution in [0.4, 0.5) is 0 Å². The largest absolute Gasteiger partial charge is 0.496 e. The van der Waals surface area contributed by atoms with Crippen LogP contribution in [-0.4, -0.2) is 30.6 Å². The van der Waals surface area contributed by atoms with Crippen LogP contribution in [0.1, 0.15) is 34.9 Å². The highest BCUT2D eigenvalue weighted by Crippen LogP contribution is 2.32. The second kappa shape index (κ2) is 9.24. The van der Waals surface area contributed by atoms with Gasteiger partial charge in [-0.2, -0.15) is 10.4 Å². The number of H-pyrrole nitrogens is 1. The van der Waals surface area contributed by atoms with Gasteiger partial charge in [0.15, 0.2) is 0 Å². The lowest BCUT2D eigenvalue weighted by atomic mass is 9.92. The third-order valence-corrected chi connectivity index (χ3v) is 5.26. The molecule has 158 valence electrons. The summed E-state index contributed by atoms with van der Waals surface area (Å²) in [6.07, 6.45) is 1.85. The molecule has 0 saturated heterocycles. The summed E-state index contributed by atoms with van der Waals surface area (Å²) in [6, 6.07) is 11.2. The molecule has 0 spiro atoms. The maximum absolute atomic E-state index is 12.1. The SMILES string of the molecule is CCc1c(OC)ccc(/C(NC)=C(/C=N)c2ccc3c(=O)[nH]nc(CN)c3c2)c1C#N. The van der Waals surface area contributed by atoms with Gasteiger partial charge in [0.2, 0.25) is 0 Å². The molecule has 1 heterocycles. The Hall–Kier alpha value is -3.96. The molecular formula is C23H24N6O2. The van der Waals surface area contributed by atoms with E-state index in [1.807, 2.05) is 19.1 Å². The Morgan fingerprint density at radius 2 is 2.13 bits per heavy atom. The molecule has 5 N–H and O–H groups in total. The van der Waals surface area contributed by atoms with Crippen LogP contribution in [0.15, 0.2) is 35.1 Å². The van der Waals surface area contributed by atoms with Crippen LogP contribution >= 0.6 is 0 Å². The molecule has 0 aliphatic heterocycles. The molecule has 8 heteroatoms. The summed E-state index contributed by atoms with van der Waals surface area (Å²) in [4.78, 5) is 12.1. The maximum Gasteiger partial charge on any atom is 0.272 e. The van der Waals surface area contributed by atoms with Crippen molar-refractivity contribution >= 4 is 28.3 Å². The zero-order valence-corrected chi connectivity index (χ0v) is 17.7. The molecule has 0 atom stereocenters. The highest BCUT2D eigenvalue weighted by Gasteiger charge is 2.18. The van der Waals surface area contributed by atoms with Crippen LogP contribution in [0, 0.1) is 16.7 Å². The van der Waals surface area contributed by atoms with Crippen LogP contribution in [0.5, 0.6) is 5.75 Å². The van der Waals surface area contributed by atoms with Gasteiger partial charge in [0, 0.05) is 41.9 Å². The second-order valence-electron chi connectivity index (χ2n) is 6.78. The first-order chi connectivity index (χ1) is 15.0. The summed E-state index contributed by atoms with van der Waals surface area (Å²) >= 11 is 0. The van der Waals surface area contributed by atoms with Crippen molar-refractivity contribution in [1.82, 2.24) is 15.5 Å². The van der Waals surface area contributed by atoms with Crippen molar-refractivity contribution in [2.45, 2.75) is 19.9 Å². The van der Waals surface area contributed by atoms with Crippen molar-refractivity contribution in [1.29, 1.82) is 10.7 Å². The van der Waals surface area contributed by atoms with E-state index < -0.39 is 0 Å². The number of nitriles is 1. The van der Waals surface area contributed by atoms with Crippen molar-refractivity contribution < 1.29 is 4.74 Å². The number of nitrogens with two attached hydrogens (primary N) is 1. The minimum absolute atomic E-state index is 0.163. The molecule has 0 bridgehead atoms. The van der Waals surface area contributed by atoms with Crippen LogP contribution in [0.25, 0.3) is 22.0 Å². The predicted molar refractivity (Wildman–Crippen MR) is 122 cm³/mol. The number of hydrogen-bond donors (Lipinski definition) is 4. The molecule has 0 aliphatic rings. The summed E-state index contributed by atoms with van der Waals surface area (Å²) in [5.74, 6) is 0.651. The van der Waals surface area contributed by atoms with Crippen molar-refractivity contribution in [2.24, 2.45) is 5.73 Å². The van der Waals surface area contributed by atoms with E-state index >= 15 is 0 Å². The zero-order chi connectivity index (χ0) is 22.5. The van der Waals surface area contributed by atoms with E-state index in [0.717, 1.165) is 5.56 Å². The fraction of sp³-hybridized carbons (Fsp3) is 0.217. The summed E-state index contributed by atoms with van der Waals surface area (Å²) in [7, 11) is 3.32. The normalized spacial score (nSPS) is 11.6. The molecule has 8 nitrogen and oxygen atoms in total. The van der Waals surface area contributed by atoms with Crippen LogP contribution in [0.3, 0.4) is 0 Å². The first-order valence-electron chi connectivity index (χ1n) is 9.79. The molecule has 0 amide bonds. The number of benzene rings is 2. The number of ether oxygens (including phenoxy) is 1. The number of aromatic amines is 1. The highest BCUT2D eigenvalue weighted by molar-refractivity contribution is 6.19. The number of fused-ring (bicyclic) bond motifs is 1. The topological polar surface area (TPSA) is 141 Å². The number of rotatable bonds is 7. The Morgan fingerprint density at radius 1 is 1.35 bits per heavy atom. The molecule has 0 saturated carbocycles. The van der Waals surface area contributed by atoms with Crippen LogP contribution in [-0.2, 0) is 13.0 Å². The van der Waals surface area contributed by atoms with Crippen LogP contribution in [0.2, 0.25) is 0 Å². The molecule has 0 unspecified atom stereocenters. The third-order valence-electron chi connectivity index (χ3n) is 5.26. The van der Waals surface area contributed by atoms with Crippen molar-refractivity contribution in [3.05, 3.63) is 68.6 Å². The number of methoxy groups -OCH3 is 1. The summed E-state index contributed by atoms with van der Waals surface area (Å²) < 4.78 is 5.42. The fourth-order valence-corrected chi connectivity index (χ4v) is 3.76. The highest BCUT2D eigenvalue weighted by atomic mass is 16.5. The summed E-state index contributed by atoms with van der Waals surface area (Å²) in [5, 5.41) is 28.7. The Kier molecular flexibility index (Phi) is 6.48. The molecule has 3 aromatic rings. The van der Waals surface area contributed by atoms with Crippen molar-refractivity contribution in [3.8, 4) is 11.8 Å². The molecule has 0 aliphatic carbocycles. The van der Waals surface area contributed by atoms with Gasteiger partial charge in [-0.3, -0.25) is 4.79 Å². The minimum atomic E-state index is -0.303. The Bertz CT molecular complexity index is 1280. The standard InChI is InChI=1S/C23H24N6O2/c1-4-14-19(11-25)15(7-8-21(14)31-3)22(27-2)18(10-24)13-5-6-16-17(9-13)20(12-26)28-29-23(16)30/h5-10,24,27H,4,12,26H2,1-3H3,(H,29,30)/b22-18+,24-10?. The number of nitrogens with one attached hydrogen (secondary N) is 3. The summed E-state index contributed by atoms with van der Waals surface area (Å²) in [5.41, 5.74) is 9.91. The van der Waals surface area contributed by atoms with Gasteiger partial charge in [-0.1, -0.05) is 13.0 Å². The van der Waals surface area contributed by atoms with Gasteiger partial charge in [-0.25, -0.2) is 5.10 Å². The lowest BCUT2D eigenvalue weighted by Gasteiger charge is -2.18. The van der Waals surface area contributed by atoms with Gasteiger partial charge >= 0.3 is 0 Å². The van der Waals surface area contributed by atoms with Gasteiger partial charge in [0.1, 0.15) is 11.8 Å². The van der Waals surface area contributed by atoms with Gasteiger partial charge in [0.05, 0.1) is 29.5 Å². The Morgan fingerprint density at radius 3 is 2.71 bits per heavy atom. The Labute approximate surface area is 179 Å². The van der Waals surface area contributed by atoms with Gasteiger partial charge in [-0.05, 0) is 36.2 Å². The molecule has 1 aromatic heterocycles. The molecular weight excluding hydrogens is 392 g/mol. The van der Waals surface area contributed by atoms with E-state index in [1.165, 1.54) is 6.21 Å². The average molecular weight is 416 g/mol. The van der Waals surface area contributed by atoms with Crippen molar-refractivity contribution in [2.75, 3.05) is 14.2 Å². The average Bonchev–Trinajstić information content (AvgIpc) is 2.81. The van der Waals surface area contributed by atoms with Crippen molar-refractivity contribution in [3.63, 3.8) is 0 Å². The first kappa shape index (κ1) is 21.7.